The first kappa shape index (κ1) is 33.5. The Morgan fingerprint density at radius 1 is 0.587 bits per heavy atom. The summed E-state index contributed by atoms with van der Waals surface area (Å²) in [7, 11) is 16.9. The van der Waals surface area contributed by atoms with Crippen LogP contribution in [0.15, 0.2) is 96.1 Å². The van der Waals surface area contributed by atoms with Crippen molar-refractivity contribution in [3.05, 3.63) is 118 Å². The Hall–Kier alpha value is -2.36. The van der Waals surface area contributed by atoms with Gasteiger partial charge in [0, 0.05) is 0 Å². The van der Waals surface area contributed by atoms with E-state index in [0.29, 0.717) is 0 Å². The standard InChI is InChI=1S/2C19H19O.C2H7Si.2ClH.Zr/c2*1-13(2)20-17-9-7-15(8-10-17)18-6-4-5-16-11-14(3)12-19(16)18;1-3-2;;;/h2*4-13H,1-3H3;3H,1-2H3;2*1H;/q;;;;;+2/p-2. The van der Waals surface area contributed by atoms with E-state index in [1.807, 2.05) is 0 Å². The molecule has 2 aliphatic rings. The van der Waals surface area contributed by atoms with Gasteiger partial charge in [0.05, 0.1) is 0 Å². The van der Waals surface area contributed by atoms with Crippen molar-refractivity contribution >= 4 is 35.1 Å². The fourth-order valence-electron chi connectivity index (χ4n) is 7.88. The summed E-state index contributed by atoms with van der Waals surface area (Å²) in [5, 5.41) is 0. The van der Waals surface area contributed by atoms with Gasteiger partial charge in [-0.25, -0.2) is 0 Å². The van der Waals surface area contributed by atoms with Gasteiger partial charge in [-0.2, -0.15) is 0 Å². The molecule has 0 aliphatic heterocycles. The molecule has 2 nitrogen and oxygen atoms in total. The van der Waals surface area contributed by atoms with Crippen LogP contribution in [0.25, 0.3) is 34.4 Å². The van der Waals surface area contributed by atoms with Gasteiger partial charge in [-0.15, -0.1) is 0 Å². The molecule has 2 unspecified atom stereocenters. The van der Waals surface area contributed by atoms with Crippen molar-refractivity contribution in [2.45, 2.75) is 74.1 Å². The van der Waals surface area contributed by atoms with Gasteiger partial charge in [-0.3, -0.25) is 0 Å². The zero-order valence-electron chi connectivity index (χ0n) is 28.2. The predicted octanol–water partition coefficient (Wildman–Crippen LogP) is 12.2. The van der Waals surface area contributed by atoms with Crippen LogP contribution in [-0.4, -0.2) is 18.1 Å². The van der Waals surface area contributed by atoms with E-state index in [9.17, 15) is 0 Å². The number of halogens is 2. The summed E-state index contributed by atoms with van der Waals surface area (Å²) in [4.78, 5) is 0. The molecule has 0 amide bonds. The summed E-state index contributed by atoms with van der Waals surface area (Å²) in [6.45, 7) is 17.5. The van der Waals surface area contributed by atoms with Crippen LogP contribution in [0, 0.1) is 0 Å². The summed E-state index contributed by atoms with van der Waals surface area (Å²) >= 11 is -4.75. The van der Waals surface area contributed by atoms with Crippen LogP contribution in [0.5, 0.6) is 11.5 Å². The molecule has 6 rings (SSSR count). The Morgan fingerprint density at radius 2 is 0.957 bits per heavy atom. The summed E-state index contributed by atoms with van der Waals surface area (Å²) in [5.74, 6) is 0.164. The van der Waals surface area contributed by atoms with Crippen LogP contribution in [0.2, 0.25) is 13.1 Å². The molecule has 4 aromatic rings. The van der Waals surface area contributed by atoms with E-state index in [2.05, 4.69) is 152 Å². The topological polar surface area (TPSA) is 18.5 Å². The predicted molar refractivity (Wildman–Crippen MR) is 199 cm³/mol. The van der Waals surface area contributed by atoms with Gasteiger partial charge < -0.3 is 0 Å². The summed E-state index contributed by atoms with van der Waals surface area (Å²) in [6, 6.07) is 30.3. The first-order valence-corrected chi connectivity index (χ1v) is 32.8. The van der Waals surface area contributed by atoms with Crippen molar-refractivity contribution in [1.29, 1.82) is 0 Å². The fraction of sp³-hybridized carbons (Fsp3) is 0.300. The molecule has 0 fully saturated rings. The van der Waals surface area contributed by atoms with Crippen LogP contribution >= 0.6 is 17.0 Å². The molecule has 46 heavy (non-hydrogen) atoms. The first-order valence-electron chi connectivity index (χ1n) is 16.5. The zero-order chi connectivity index (χ0) is 33.0. The van der Waals surface area contributed by atoms with Crippen molar-refractivity contribution < 1.29 is 25.0 Å². The van der Waals surface area contributed by atoms with Gasteiger partial charge in [0.15, 0.2) is 0 Å². The van der Waals surface area contributed by atoms with E-state index >= 15 is 0 Å². The Morgan fingerprint density at radius 3 is 1.28 bits per heavy atom. The molecule has 6 heteroatoms. The average molecular weight is 748 g/mol. The Balaban J connectivity index is 1.44. The van der Waals surface area contributed by atoms with E-state index in [1.165, 1.54) is 55.7 Å². The molecule has 0 aromatic heterocycles. The van der Waals surface area contributed by atoms with Gasteiger partial charge >= 0.3 is 286 Å². The van der Waals surface area contributed by atoms with Gasteiger partial charge in [-0.05, 0) is 0 Å². The van der Waals surface area contributed by atoms with Crippen molar-refractivity contribution in [3.63, 3.8) is 0 Å². The van der Waals surface area contributed by atoms with E-state index in [4.69, 9.17) is 26.5 Å². The van der Waals surface area contributed by atoms with Gasteiger partial charge in [-0.1, -0.05) is 0 Å². The van der Waals surface area contributed by atoms with Crippen molar-refractivity contribution in [1.82, 2.24) is 0 Å². The third kappa shape index (κ3) is 5.72. The van der Waals surface area contributed by atoms with Crippen LogP contribution in [0.4, 0.5) is 0 Å². The molecule has 0 saturated carbocycles. The Bertz CT molecular complexity index is 1710. The second kappa shape index (κ2) is 12.6. The molecule has 0 saturated heterocycles. The first-order chi connectivity index (χ1) is 21.8. The molecule has 2 atom stereocenters. The molecule has 4 aromatic carbocycles. The van der Waals surface area contributed by atoms with Gasteiger partial charge in [0.2, 0.25) is 0 Å². The number of hydrogen-bond acceptors (Lipinski definition) is 2. The second-order valence-corrected chi connectivity index (χ2v) is 56.5. The normalized spacial score (nSPS) is 18.2. The zero-order valence-corrected chi connectivity index (χ0v) is 33.3. The Labute approximate surface area is 284 Å². The number of fused-ring (bicyclic) bond motifs is 2. The maximum atomic E-state index is 8.44. The average Bonchev–Trinajstić information content (AvgIpc) is 3.54. The van der Waals surface area contributed by atoms with Crippen LogP contribution in [0.1, 0.15) is 71.0 Å². The van der Waals surface area contributed by atoms with Crippen molar-refractivity contribution in [2.24, 2.45) is 0 Å². The second-order valence-electron chi connectivity index (χ2n) is 14.0. The third-order valence-corrected chi connectivity index (χ3v) is 62.1. The van der Waals surface area contributed by atoms with E-state index < -0.39 is 21.5 Å². The number of benzene rings is 4. The SMILES string of the molecule is CC1=Cc2c(-c3ccc(OC(C)C)cc3)cccc2[CH]1[Zr]([Cl])([Cl])([CH]1C(C)=Cc2c(-c3ccc(OC(C)C)cc3)cccc21)[SiH](C)C. The maximum absolute atomic E-state index is 8.44. The molecular formula is C40H45Cl2O2SiZr. The summed E-state index contributed by atoms with van der Waals surface area (Å²) in [6.07, 6.45) is 5.02. The van der Waals surface area contributed by atoms with E-state index in [-0.39, 0.29) is 19.5 Å². The van der Waals surface area contributed by atoms with E-state index in [0.717, 1.165) is 11.5 Å². The molecule has 2 aliphatic carbocycles. The molecule has 239 valence electrons. The third-order valence-electron chi connectivity index (χ3n) is 9.84. The quantitative estimate of drug-likeness (QED) is 0.159. The summed E-state index contributed by atoms with van der Waals surface area (Å²) in [5.41, 5.74) is 12.5. The van der Waals surface area contributed by atoms with Crippen molar-refractivity contribution in [3.8, 4) is 33.8 Å². The molecule has 0 bridgehead atoms. The molecule has 0 radical (unpaired) electrons. The number of rotatable bonds is 9. The monoisotopic (exact) mass is 745 g/mol. The molecular weight excluding hydrogens is 703 g/mol. The summed E-state index contributed by atoms with van der Waals surface area (Å²) < 4.78 is 12.0. The van der Waals surface area contributed by atoms with Crippen LogP contribution < -0.4 is 9.47 Å². The van der Waals surface area contributed by atoms with Crippen LogP contribution in [-0.2, 0) is 15.6 Å². The molecule has 0 N–H and O–H groups in total. The fourth-order valence-corrected chi connectivity index (χ4v) is 40.8. The number of hydrogen-bond donors (Lipinski definition) is 0. The number of ether oxygens (including phenoxy) is 2. The molecule has 0 heterocycles. The van der Waals surface area contributed by atoms with Gasteiger partial charge in [0.25, 0.3) is 0 Å². The minimum atomic E-state index is -4.75. The Kier molecular flexibility index (Phi) is 9.18. The minimum absolute atomic E-state index is 0.0605. The van der Waals surface area contributed by atoms with Crippen molar-refractivity contribution in [2.75, 3.05) is 0 Å². The number of allylic oxidation sites excluding steroid dienone is 2. The van der Waals surface area contributed by atoms with E-state index in [1.54, 1.807) is 0 Å². The van der Waals surface area contributed by atoms with Crippen LogP contribution in [0.3, 0.4) is 0 Å². The molecule has 0 spiro atoms. The van der Waals surface area contributed by atoms with Gasteiger partial charge in [0.1, 0.15) is 0 Å².